The number of hydrogen-bond acceptors (Lipinski definition) is 4. The summed E-state index contributed by atoms with van der Waals surface area (Å²) in [6, 6.07) is 12.0. The van der Waals surface area contributed by atoms with Crippen molar-refractivity contribution in [3.8, 4) is 11.5 Å². The average molecular weight is 383 g/mol. The number of aliphatic hydroxyl groups is 1. The minimum Gasteiger partial charge on any atom is -0.486 e. The molecular formula is C22H24FN2O3+. The van der Waals surface area contributed by atoms with Crippen LogP contribution in [-0.4, -0.2) is 41.8 Å². The zero-order valence-electron chi connectivity index (χ0n) is 15.7. The van der Waals surface area contributed by atoms with Crippen molar-refractivity contribution >= 4 is 11.5 Å². The van der Waals surface area contributed by atoms with Crippen molar-refractivity contribution in [3.05, 3.63) is 53.8 Å². The Morgan fingerprint density at radius 3 is 2.57 bits per heavy atom. The van der Waals surface area contributed by atoms with Gasteiger partial charge in [0.15, 0.2) is 18.0 Å². The van der Waals surface area contributed by atoms with Crippen LogP contribution in [0.15, 0.2) is 42.5 Å². The van der Waals surface area contributed by atoms with Gasteiger partial charge in [-0.1, -0.05) is 0 Å². The number of anilines is 1. The predicted octanol–water partition coefficient (Wildman–Crippen LogP) is 3.25. The molecule has 0 bridgehead atoms. The Labute approximate surface area is 163 Å². The number of amidine groups is 1. The summed E-state index contributed by atoms with van der Waals surface area (Å²) in [5.74, 6) is 2.22. The molecule has 1 unspecified atom stereocenters. The number of fused-ring (bicyclic) bond motifs is 1. The molecule has 0 saturated carbocycles. The lowest BCUT2D eigenvalue weighted by atomic mass is 9.99. The van der Waals surface area contributed by atoms with Crippen LogP contribution in [-0.2, 0) is 5.72 Å². The maximum atomic E-state index is 13.5. The van der Waals surface area contributed by atoms with Crippen molar-refractivity contribution in [2.24, 2.45) is 0 Å². The summed E-state index contributed by atoms with van der Waals surface area (Å²) in [6.45, 7) is 2.43. The highest BCUT2D eigenvalue weighted by atomic mass is 19.1. The van der Waals surface area contributed by atoms with Crippen LogP contribution in [0, 0.1) is 5.82 Å². The number of halogens is 1. The first-order valence-electron chi connectivity index (χ1n) is 9.94. The van der Waals surface area contributed by atoms with Gasteiger partial charge in [0.05, 0.1) is 6.54 Å². The first kappa shape index (κ1) is 17.5. The molecule has 0 aromatic heterocycles. The molecule has 1 atom stereocenters. The summed E-state index contributed by atoms with van der Waals surface area (Å²) >= 11 is 0. The first-order valence-corrected chi connectivity index (χ1v) is 9.94. The summed E-state index contributed by atoms with van der Waals surface area (Å²) < 4.78 is 27.2. The largest absolute Gasteiger partial charge is 0.486 e. The Bertz CT molecular complexity index is 928. The molecule has 0 radical (unpaired) electrons. The third kappa shape index (κ3) is 2.83. The minimum absolute atomic E-state index is 0.307. The molecular weight excluding hydrogens is 359 g/mol. The molecule has 2 aromatic rings. The quantitative estimate of drug-likeness (QED) is 0.809. The lowest BCUT2D eigenvalue weighted by Crippen LogP contribution is -2.47. The fraction of sp³-hybridized carbons (Fsp3) is 0.409. The smallest absolute Gasteiger partial charge is 0.275 e. The van der Waals surface area contributed by atoms with Crippen LogP contribution < -0.4 is 14.4 Å². The lowest BCUT2D eigenvalue weighted by Gasteiger charge is -2.30. The monoisotopic (exact) mass is 383 g/mol. The zero-order chi connectivity index (χ0) is 19.1. The highest BCUT2D eigenvalue weighted by molar-refractivity contribution is 5.97. The molecule has 3 aliphatic rings. The number of benzene rings is 2. The van der Waals surface area contributed by atoms with Crippen molar-refractivity contribution in [3.63, 3.8) is 0 Å². The topological polar surface area (TPSA) is 44.9 Å². The summed E-state index contributed by atoms with van der Waals surface area (Å²) in [5.41, 5.74) is 0.282. The highest BCUT2D eigenvalue weighted by Crippen LogP contribution is 2.41. The van der Waals surface area contributed by atoms with Gasteiger partial charge in [0.1, 0.15) is 24.7 Å². The van der Waals surface area contributed by atoms with Crippen molar-refractivity contribution in [1.29, 1.82) is 0 Å². The van der Waals surface area contributed by atoms with Crippen LogP contribution in [0.4, 0.5) is 10.1 Å². The molecule has 2 aromatic carbocycles. The number of nitrogens with zero attached hydrogens (tertiary/aromatic N) is 2. The molecule has 3 aliphatic heterocycles. The number of ether oxygens (including phenoxy) is 2. The molecule has 0 saturated heterocycles. The van der Waals surface area contributed by atoms with E-state index < -0.39 is 5.72 Å². The maximum absolute atomic E-state index is 13.5. The van der Waals surface area contributed by atoms with E-state index in [9.17, 15) is 9.50 Å². The summed E-state index contributed by atoms with van der Waals surface area (Å²) in [6.07, 6.45) is 4.28. The predicted molar refractivity (Wildman–Crippen MR) is 104 cm³/mol. The van der Waals surface area contributed by atoms with E-state index in [-0.39, 0.29) is 5.82 Å². The summed E-state index contributed by atoms with van der Waals surface area (Å²) in [7, 11) is 0. The fourth-order valence-electron chi connectivity index (χ4n) is 4.49. The normalized spacial score (nSPS) is 24.1. The van der Waals surface area contributed by atoms with Crippen LogP contribution >= 0.6 is 0 Å². The van der Waals surface area contributed by atoms with E-state index in [0.717, 1.165) is 43.1 Å². The van der Waals surface area contributed by atoms with Gasteiger partial charge in [-0.15, -0.1) is 0 Å². The Hall–Kier alpha value is -2.60. The lowest BCUT2D eigenvalue weighted by molar-refractivity contribution is -0.534. The molecule has 0 amide bonds. The van der Waals surface area contributed by atoms with E-state index in [2.05, 4.69) is 4.58 Å². The Kier molecular flexibility index (Phi) is 4.23. The van der Waals surface area contributed by atoms with Crippen LogP contribution in [0.25, 0.3) is 0 Å². The molecule has 3 heterocycles. The van der Waals surface area contributed by atoms with E-state index in [1.807, 2.05) is 23.1 Å². The SMILES string of the molecule is OC1(c2ccc(F)cc2)C[N+]2=C(CCCCC2)N1c1ccc2c(c1)OCCO2. The van der Waals surface area contributed by atoms with Crippen LogP contribution in [0.3, 0.4) is 0 Å². The van der Waals surface area contributed by atoms with E-state index in [4.69, 9.17) is 9.47 Å². The number of rotatable bonds is 2. The van der Waals surface area contributed by atoms with E-state index in [1.54, 1.807) is 12.1 Å². The Morgan fingerprint density at radius 2 is 1.75 bits per heavy atom. The second-order valence-electron chi connectivity index (χ2n) is 7.64. The first-order chi connectivity index (χ1) is 13.6. The summed E-state index contributed by atoms with van der Waals surface area (Å²) in [4.78, 5) is 2.00. The molecule has 146 valence electrons. The van der Waals surface area contributed by atoms with Crippen LogP contribution in [0.5, 0.6) is 11.5 Å². The third-order valence-electron chi connectivity index (χ3n) is 5.82. The van der Waals surface area contributed by atoms with Gasteiger partial charge in [-0.25, -0.2) is 4.39 Å². The number of hydrogen-bond donors (Lipinski definition) is 1. The second kappa shape index (κ2) is 6.78. The molecule has 6 heteroatoms. The van der Waals surface area contributed by atoms with Gasteiger partial charge in [0.25, 0.3) is 11.6 Å². The highest BCUT2D eigenvalue weighted by Gasteiger charge is 2.54. The van der Waals surface area contributed by atoms with Gasteiger partial charge in [-0.05, 0) is 55.7 Å². The van der Waals surface area contributed by atoms with Crippen molar-refractivity contribution < 1.29 is 23.5 Å². The average Bonchev–Trinajstić information content (AvgIpc) is 2.84. The molecule has 0 fully saturated rings. The van der Waals surface area contributed by atoms with Gasteiger partial charge in [-0.3, -0.25) is 4.58 Å². The Balaban J connectivity index is 1.62. The second-order valence-corrected chi connectivity index (χ2v) is 7.64. The Morgan fingerprint density at radius 1 is 0.964 bits per heavy atom. The van der Waals surface area contributed by atoms with Gasteiger partial charge in [-0.2, -0.15) is 4.90 Å². The van der Waals surface area contributed by atoms with Gasteiger partial charge >= 0.3 is 0 Å². The van der Waals surface area contributed by atoms with E-state index >= 15 is 0 Å². The third-order valence-corrected chi connectivity index (χ3v) is 5.82. The van der Waals surface area contributed by atoms with Gasteiger partial charge in [0.2, 0.25) is 0 Å². The van der Waals surface area contributed by atoms with E-state index in [0.29, 0.717) is 31.1 Å². The van der Waals surface area contributed by atoms with Crippen molar-refractivity contribution in [1.82, 2.24) is 0 Å². The van der Waals surface area contributed by atoms with Gasteiger partial charge < -0.3 is 14.6 Å². The molecule has 1 N–H and O–H groups in total. The standard InChI is InChI=1S/C22H24FN2O3/c23-17-7-5-16(6-8-17)22(26)15-24-11-3-1-2-4-21(24)25(22)18-9-10-19-20(14-18)28-13-12-27-19/h5-10,14,26H,1-4,11-13,15H2/q+1. The zero-order valence-corrected chi connectivity index (χ0v) is 15.7. The maximum Gasteiger partial charge on any atom is 0.275 e. The van der Waals surface area contributed by atoms with Gasteiger partial charge in [0, 0.05) is 18.1 Å². The summed E-state index contributed by atoms with van der Waals surface area (Å²) in [5, 5.41) is 11.9. The fourth-order valence-corrected chi connectivity index (χ4v) is 4.49. The molecule has 0 spiro atoms. The molecule has 28 heavy (non-hydrogen) atoms. The van der Waals surface area contributed by atoms with Crippen molar-refractivity contribution in [2.45, 2.75) is 31.4 Å². The molecule has 5 rings (SSSR count). The molecule has 5 nitrogen and oxygen atoms in total. The van der Waals surface area contributed by atoms with Crippen molar-refractivity contribution in [2.75, 3.05) is 31.2 Å². The minimum atomic E-state index is -1.26. The van der Waals surface area contributed by atoms with Crippen LogP contribution in [0.2, 0.25) is 0 Å². The van der Waals surface area contributed by atoms with Crippen LogP contribution in [0.1, 0.15) is 31.2 Å². The molecule has 0 aliphatic carbocycles. The van der Waals surface area contributed by atoms with E-state index in [1.165, 1.54) is 18.6 Å².